The molecular weight excluding hydrogens is 279 g/mol. The zero-order valence-corrected chi connectivity index (χ0v) is 9.91. The number of carboxylic acid groups (broad SMARTS) is 1. The van der Waals surface area contributed by atoms with Gasteiger partial charge >= 0.3 is 5.97 Å². The van der Waals surface area contributed by atoms with Crippen molar-refractivity contribution in [3.05, 3.63) is 28.5 Å². The molecule has 0 aromatic heterocycles. The Labute approximate surface area is 100 Å². The van der Waals surface area contributed by atoms with E-state index in [2.05, 4.69) is 15.9 Å². The summed E-state index contributed by atoms with van der Waals surface area (Å²) in [5.41, 5.74) is 0. The van der Waals surface area contributed by atoms with Gasteiger partial charge in [0.05, 0.1) is 0 Å². The smallest absolute Gasteiger partial charge is 0.345 e. The Bertz CT molecular complexity index is 418. The fraction of sp³-hybridized carbons (Fsp3) is 0.364. The maximum absolute atomic E-state index is 13.4. The van der Waals surface area contributed by atoms with Gasteiger partial charge in [-0.3, -0.25) is 0 Å². The maximum atomic E-state index is 13.4. The molecule has 1 aliphatic rings. The molecule has 1 fully saturated rings. The molecule has 0 bridgehead atoms. The molecular formula is C11H10BrFO3. The van der Waals surface area contributed by atoms with Crippen molar-refractivity contribution in [1.82, 2.24) is 0 Å². The van der Waals surface area contributed by atoms with Crippen molar-refractivity contribution in [2.75, 3.05) is 0 Å². The van der Waals surface area contributed by atoms with Crippen molar-refractivity contribution in [3.8, 4) is 5.75 Å². The van der Waals surface area contributed by atoms with Gasteiger partial charge in [0, 0.05) is 10.4 Å². The third kappa shape index (κ3) is 2.52. The normalized spacial score (nSPS) is 16.9. The first-order chi connectivity index (χ1) is 7.58. The minimum Gasteiger partial charge on any atom is -0.478 e. The lowest BCUT2D eigenvalue weighted by Crippen LogP contribution is -2.29. The van der Waals surface area contributed by atoms with Crippen LogP contribution in [0, 0.1) is 11.7 Å². The Morgan fingerprint density at radius 2 is 2.25 bits per heavy atom. The molecule has 1 aliphatic carbocycles. The highest BCUT2D eigenvalue weighted by Gasteiger charge is 2.38. The van der Waals surface area contributed by atoms with Crippen LogP contribution in [0.25, 0.3) is 0 Å². The average Bonchev–Trinajstić information content (AvgIpc) is 2.99. The summed E-state index contributed by atoms with van der Waals surface area (Å²) in [6.45, 7) is 0. The highest BCUT2D eigenvalue weighted by molar-refractivity contribution is 9.10. The lowest BCUT2D eigenvalue weighted by molar-refractivity contribution is -0.146. The second-order valence-corrected chi connectivity index (χ2v) is 4.70. The lowest BCUT2D eigenvalue weighted by Gasteiger charge is -2.14. The number of hydrogen-bond donors (Lipinski definition) is 1. The molecule has 0 aliphatic heterocycles. The summed E-state index contributed by atoms with van der Waals surface area (Å²) in [7, 11) is 0. The van der Waals surface area contributed by atoms with Crippen molar-refractivity contribution in [3.63, 3.8) is 0 Å². The van der Waals surface area contributed by atoms with Crippen molar-refractivity contribution < 1.29 is 19.0 Å². The van der Waals surface area contributed by atoms with Gasteiger partial charge in [-0.1, -0.05) is 15.9 Å². The Hall–Kier alpha value is -1.10. The van der Waals surface area contributed by atoms with Crippen LogP contribution in [-0.2, 0) is 4.79 Å². The van der Waals surface area contributed by atoms with E-state index in [0.29, 0.717) is 4.47 Å². The number of hydrogen-bond acceptors (Lipinski definition) is 2. The number of aliphatic carboxylic acids is 1. The predicted molar refractivity (Wildman–Crippen MR) is 58.9 cm³/mol. The average molecular weight is 289 g/mol. The molecule has 1 atom stereocenters. The number of carboxylic acids is 1. The molecule has 0 spiro atoms. The van der Waals surface area contributed by atoms with E-state index < -0.39 is 17.9 Å². The van der Waals surface area contributed by atoms with E-state index in [-0.39, 0.29) is 11.7 Å². The van der Waals surface area contributed by atoms with E-state index in [0.717, 1.165) is 12.8 Å². The van der Waals surface area contributed by atoms with Gasteiger partial charge in [-0.15, -0.1) is 0 Å². The van der Waals surface area contributed by atoms with E-state index >= 15 is 0 Å². The number of carbonyl (C=O) groups is 1. The second-order valence-electron chi connectivity index (χ2n) is 3.79. The van der Waals surface area contributed by atoms with E-state index in [1.54, 1.807) is 6.07 Å². The van der Waals surface area contributed by atoms with E-state index in [1.165, 1.54) is 12.1 Å². The van der Waals surface area contributed by atoms with Crippen molar-refractivity contribution in [2.24, 2.45) is 5.92 Å². The monoisotopic (exact) mass is 288 g/mol. The van der Waals surface area contributed by atoms with Crippen LogP contribution in [0.1, 0.15) is 12.8 Å². The summed E-state index contributed by atoms with van der Waals surface area (Å²) in [5, 5.41) is 8.93. The van der Waals surface area contributed by atoms with E-state index in [4.69, 9.17) is 9.84 Å². The van der Waals surface area contributed by atoms with Crippen LogP contribution in [0.5, 0.6) is 5.75 Å². The van der Waals surface area contributed by atoms with Crippen LogP contribution in [0.15, 0.2) is 22.7 Å². The number of rotatable bonds is 4. The van der Waals surface area contributed by atoms with Gasteiger partial charge in [0.15, 0.2) is 17.7 Å². The molecule has 1 aromatic carbocycles. The summed E-state index contributed by atoms with van der Waals surface area (Å²) in [6, 6.07) is 4.29. The third-order valence-electron chi connectivity index (χ3n) is 2.44. The Kier molecular flexibility index (Phi) is 3.14. The van der Waals surface area contributed by atoms with Crippen molar-refractivity contribution in [2.45, 2.75) is 18.9 Å². The van der Waals surface area contributed by atoms with Crippen molar-refractivity contribution >= 4 is 21.9 Å². The number of halogens is 2. The standard InChI is InChI=1S/C11H10BrFO3/c12-7-3-4-9(8(13)5-7)16-10(11(14)15)6-1-2-6/h3-6,10H,1-2H2,(H,14,15). The largest absolute Gasteiger partial charge is 0.478 e. The van der Waals surface area contributed by atoms with Crippen LogP contribution in [-0.4, -0.2) is 17.2 Å². The molecule has 16 heavy (non-hydrogen) atoms. The fourth-order valence-electron chi connectivity index (χ4n) is 1.45. The quantitative estimate of drug-likeness (QED) is 0.927. The second kappa shape index (κ2) is 4.41. The molecule has 1 saturated carbocycles. The zero-order chi connectivity index (χ0) is 11.7. The Morgan fingerprint density at radius 1 is 1.56 bits per heavy atom. The molecule has 0 radical (unpaired) electrons. The molecule has 2 rings (SSSR count). The topological polar surface area (TPSA) is 46.5 Å². The van der Waals surface area contributed by atoms with Gasteiger partial charge in [-0.25, -0.2) is 9.18 Å². The van der Waals surface area contributed by atoms with Crippen molar-refractivity contribution in [1.29, 1.82) is 0 Å². The van der Waals surface area contributed by atoms with Gasteiger partial charge in [-0.2, -0.15) is 0 Å². The summed E-state index contributed by atoms with van der Waals surface area (Å²) >= 11 is 3.12. The van der Waals surface area contributed by atoms with Crippen LogP contribution >= 0.6 is 15.9 Å². The molecule has 0 amide bonds. The molecule has 1 aromatic rings. The first-order valence-electron chi connectivity index (χ1n) is 4.92. The van der Waals surface area contributed by atoms with Gasteiger partial charge in [0.1, 0.15) is 0 Å². The number of benzene rings is 1. The van der Waals surface area contributed by atoms with E-state index in [1.807, 2.05) is 0 Å². The van der Waals surface area contributed by atoms with Crippen LogP contribution in [0.3, 0.4) is 0 Å². The minimum absolute atomic E-state index is 0.0116. The summed E-state index contributed by atoms with van der Waals surface area (Å²) in [4.78, 5) is 10.9. The van der Waals surface area contributed by atoms with Crippen LogP contribution < -0.4 is 4.74 Å². The SMILES string of the molecule is O=C(O)C(Oc1ccc(Br)cc1F)C1CC1. The summed E-state index contributed by atoms with van der Waals surface area (Å²) in [6.07, 6.45) is 0.722. The van der Waals surface area contributed by atoms with Gasteiger partial charge in [0.2, 0.25) is 0 Å². The maximum Gasteiger partial charge on any atom is 0.345 e. The zero-order valence-electron chi connectivity index (χ0n) is 8.32. The Balaban J connectivity index is 2.15. The third-order valence-corrected chi connectivity index (χ3v) is 2.93. The molecule has 1 N–H and O–H groups in total. The highest BCUT2D eigenvalue weighted by atomic mass is 79.9. The lowest BCUT2D eigenvalue weighted by atomic mass is 10.2. The van der Waals surface area contributed by atoms with Gasteiger partial charge < -0.3 is 9.84 Å². The predicted octanol–water partition coefficient (Wildman–Crippen LogP) is 2.83. The first kappa shape index (κ1) is 11.4. The van der Waals surface area contributed by atoms with Crippen LogP contribution in [0.4, 0.5) is 4.39 Å². The fourth-order valence-corrected chi connectivity index (χ4v) is 1.79. The molecule has 3 nitrogen and oxygen atoms in total. The summed E-state index contributed by atoms with van der Waals surface area (Å²) in [5.74, 6) is -1.59. The molecule has 1 unspecified atom stereocenters. The number of ether oxygens (including phenoxy) is 1. The molecule has 5 heteroatoms. The summed E-state index contributed by atoms with van der Waals surface area (Å²) < 4.78 is 19.2. The minimum atomic E-state index is -1.04. The van der Waals surface area contributed by atoms with Crippen LogP contribution in [0.2, 0.25) is 0 Å². The van der Waals surface area contributed by atoms with Gasteiger partial charge in [-0.05, 0) is 31.0 Å². The Morgan fingerprint density at radius 3 is 2.75 bits per heavy atom. The van der Waals surface area contributed by atoms with Gasteiger partial charge in [0.25, 0.3) is 0 Å². The van der Waals surface area contributed by atoms with E-state index in [9.17, 15) is 9.18 Å². The molecule has 0 heterocycles. The first-order valence-corrected chi connectivity index (χ1v) is 5.72. The molecule has 86 valence electrons. The molecule has 0 saturated heterocycles. The highest BCUT2D eigenvalue weighted by Crippen LogP contribution is 2.35.